The van der Waals surface area contributed by atoms with Crippen molar-refractivity contribution in [2.75, 3.05) is 25.5 Å². The van der Waals surface area contributed by atoms with Crippen molar-refractivity contribution in [1.82, 2.24) is 14.8 Å². The molecule has 0 saturated heterocycles. The van der Waals surface area contributed by atoms with Crippen LogP contribution in [0, 0.1) is 30.1 Å². The summed E-state index contributed by atoms with van der Waals surface area (Å²) >= 11 is 0. The van der Waals surface area contributed by atoms with Crippen LogP contribution in [0.15, 0.2) is 48.3 Å². The van der Waals surface area contributed by atoms with Crippen molar-refractivity contribution in [3.63, 3.8) is 0 Å². The molecule has 8 nitrogen and oxygen atoms in total. The van der Waals surface area contributed by atoms with E-state index in [2.05, 4.69) is 23.3 Å². The lowest BCUT2D eigenvalue weighted by Gasteiger charge is -2.31. The molecular weight excluding hydrogens is 466 g/mol. The highest BCUT2D eigenvalue weighted by molar-refractivity contribution is 5.89. The molecule has 1 aliphatic rings. The summed E-state index contributed by atoms with van der Waals surface area (Å²) in [4.78, 5) is 32.9. The summed E-state index contributed by atoms with van der Waals surface area (Å²) in [6.45, 7) is 7.28. The molecule has 1 saturated carbocycles. The number of aromatic nitrogens is 1. The molecule has 3 rings (SSSR count). The van der Waals surface area contributed by atoms with Crippen LogP contribution in [0.2, 0.25) is 0 Å². The minimum atomic E-state index is -0.178. The number of carbonyl (C=O) groups is 2. The monoisotopic (exact) mass is 503 g/mol. The molecule has 2 amide bonds. The number of nitrogens with one attached hydrogen (secondary N) is 1. The molecule has 1 aromatic carbocycles. The topological polar surface area (TPSA) is 98.6 Å². The zero-order valence-corrected chi connectivity index (χ0v) is 22.2. The van der Waals surface area contributed by atoms with Crippen LogP contribution in [-0.4, -0.2) is 47.2 Å². The fourth-order valence-electron chi connectivity index (χ4n) is 4.46. The first kappa shape index (κ1) is 27.7. The fraction of sp³-hybridized carbons (Fsp3) is 0.448. The molecule has 1 N–H and O–H groups in total. The van der Waals surface area contributed by atoms with Crippen LogP contribution in [0.5, 0.6) is 11.5 Å². The van der Waals surface area contributed by atoms with Gasteiger partial charge in [-0.25, -0.2) is 4.98 Å². The molecule has 1 aromatic heterocycles. The normalized spacial score (nSPS) is 17.4. The number of hydrogen-bond donors (Lipinski definition) is 1. The third-order valence-corrected chi connectivity index (χ3v) is 6.71. The van der Waals surface area contributed by atoms with Gasteiger partial charge in [-0.05, 0) is 68.4 Å². The highest BCUT2D eigenvalue weighted by atomic mass is 16.5. The lowest BCUT2D eigenvalue weighted by Crippen LogP contribution is -2.35. The number of hydrogen-bond acceptors (Lipinski definition) is 6. The Morgan fingerprint density at radius 3 is 2.65 bits per heavy atom. The van der Waals surface area contributed by atoms with Gasteiger partial charge in [-0.2, -0.15) is 5.26 Å². The highest BCUT2D eigenvalue weighted by Crippen LogP contribution is 2.30. The standard InChI is InChI=1S/C29H37N5O3/c1-5-15-33(4)29(36)17-28(34(20-35)19-23-11-9-21(2)10-12-23)32-27-14-13-26(22(3)31-27)37-25-8-6-7-24(16-25)18-30/h6-8,13-14,16-17,20-21,23H,5,9-12,15,19H2,1-4H3,(H,31,32)/b28-17-. The Morgan fingerprint density at radius 2 is 2.00 bits per heavy atom. The average molecular weight is 504 g/mol. The van der Waals surface area contributed by atoms with Crippen molar-refractivity contribution in [3.8, 4) is 17.6 Å². The number of nitriles is 1. The van der Waals surface area contributed by atoms with E-state index >= 15 is 0 Å². The van der Waals surface area contributed by atoms with Crippen LogP contribution in [-0.2, 0) is 9.59 Å². The number of likely N-dealkylation sites (N-methyl/N-ethyl adjacent to an activating group) is 1. The van der Waals surface area contributed by atoms with E-state index in [1.807, 2.05) is 13.8 Å². The van der Waals surface area contributed by atoms with E-state index in [1.165, 1.54) is 6.08 Å². The summed E-state index contributed by atoms with van der Waals surface area (Å²) in [5.41, 5.74) is 1.13. The first-order valence-corrected chi connectivity index (χ1v) is 12.9. The number of aryl methyl sites for hydroxylation is 1. The summed E-state index contributed by atoms with van der Waals surface area (Å²) in [7, 11) is 1.75. The molecule has 0 bridgehead atoms. The maximum Gasteiger partial charge on any atom is 0.249 e. The average Bonchev–Trinajstić information content (AvgIpc) is 2.89. The van der Waals surface area contributed by atoms with Crippen molar-refractivity contribution in [2.24, 2.45) is 11.8 Å². The summed E-state index contributed by atoms with van der Waals surface area (Å²) in [5, 5.41) is 12.3. The molecule has 0 spiro atoms. The number of benzene rings is 1. The van der Waals surface area contributed by atoms with E-state index in [0.717, 1.165) is 38.5 Å². The summed E-state index contributed by atoms with van der Waals surface area (Å²) in [5.74, 6) is 2.93. The van der Waals surface area contributed by atoms with Gasteiger partial charge in [0, 0.05) is 26.2 Å². The lowest BCUT2D eigenvalue weighted by atomic mass is 9.83. The molecule has 0 atom stereocenters. The number of amides is 2. The van der Waals surface area contributed by atoms with E-state index in [-0.39, 0.29) is 5.91 Å². The van der Waals surface area contributed by atoms with Crippen molar-refractivity contribution in [3.05, 3.63) is 59.6 Å². The third-order valence-electron chi connectivity index (χ3n) is 6.71. The van der Waals surface area contributed by atoms with Crippen molar-refractivity contribution < 1.29 is 14.3 Å². The SMILES string of the molecule is CCCN(C)C(=O)/C=C(/Nc1ccc(Oc2cccc(C#N)c2)c(C)n1)N(C=O)CC1CCC(C)CC1. The smallest absolute Gasteiger partial charge is 0.249 e. The van der Waals surface area contributed by atoms with E-state index in [9.17, 15) is 9.59 Å². The summed E-state index contributed by atoms with van der Waals surface area (Å²) in [6.07, 6.45) is 7.55. The lowest BCUT2D eigenvalue weighted by molar-refractivity contribution is -0.124. The van der Waals surface area contributed by atoms with Crippen LogP contribution in [0.3, 0.4) is 0 Å². The van der Waals surface area contributed by atoms with Crippen LogP contribution >= 0.6 is 0 Å². The van der Waals surface area contributed by atoms with Gasteiger partial charge in [0.25, 0.3) is 0 Å². The molecule has 196 valence electrons. The van der Waals surface area contributed by atoms with Gasteiger partial charge in [-0.1, -0.05) is 32.8 Å². The quantitative estimate of drug-likeness (QED) is 0.323. The predicted octanol–water partition coefficient (Wildman–Crippen LogP) is 5.46. The Balaban J connectivity index is 1.81. The second-order valence-electron chi connectivity index (χ2n) is 9.82. The molecule has 1 aliphatic carbocycles. The molecule has 1 fully saturated rings. The largest absolute Gasteiger partial charge is 0.455 e. The second-order valence-corrected chi connectivity index (χ2v) is 9.82. The van der Waals surface area contributed by atoms with Crippen molar-refractivity contribution in [1.29, 1.82) is 5.26 Å². The van der Waals surface area contributed by atoms with Crippen LogP contribution < -0.4 is 10.1 Å². The van der Waals surface area contributed by atoms with E-state index in [1.54, 1.807) is 53.2 Å². The first-order chi connectivity index (χ1) is 17.8. The minimum Gasteiger partial charge on any atom is -0.455 e. The van der Waals surface area contributed by atoms with E-state index in [4.69, 9.17) is 10.00 Å². The van der Waals surface area contributed by atoms with Crippen molar-refractivity contribution in [2.45, 2.75) is 52.9 Å². The zero-order valence-electron chi connectivity index (χ0n) is 22.2. The number of ether oxygens (including phenoxy) is 1. The summed E-state index contributed by atoms with van der Waals surface area (Å²) < 4.78 is 5.93. The van der Waals surface area contributed by atoms with Gasteiger partial charge >= 0.3 is 0 Å². The predicted molar refractivity (Wildman–Crippen MR) is 144 cm³/mol. The van der Waals surface area contributed by atoms with Gasteiger partial charge < -0.3 is 19.9 Å². The van der Waals surface area contributed by atoms with Gasteiger partial charge in [0.05, 0.1) is 17.3 Å². The Morgan fingerprint density at radius 1 is 1.24 bits per heavy atom. The number of nitrogens with zero attached hydrogens (tertiary/aromatic N) is 4. The van der Waals surface area contributed by atoms with Gasteiger partial charge in [0.1, 0.15) is 23.1 Å². The van der Waals surface area contributed by atoms with E-state index < -0.39 is 0 Å². The molecule has 1 heterocycles. The van der Waals surface area contributed by atoms with Gasteiger partial charge in [0.15, 0.2) is 0 Å². The van der Waals surface area contributed by atoms with Gasteiger partial charge in [-0.3, -0.25) is 9.59 Å². The molecular formula is C29H37N5O3. The van der Waals surface area contributed by atoms with E-state index in [0.29, 0.717) is 59.3 Å². The maximum atomic E-state index is 12.9. The molecule has 0 unspecified atom stereocenters. The molecule has 37 heavy (non-hydrogen) atoms. The maximum absolute atomic E-state index is 12.9. The Labute approximate surface area is 219 Å². The second kappa shape index (κ2) is 13.4. The Kier molecular flexibility index (Phi) is 10.1. The van der Waals surface area contributed by atoms with Gasteiger partial charge in [0.2, 0.25) is 12.3 Å². The number of pyridine rings is 1. The Bertz CT molecular complexity index is 1150. The zero-order chi connectivity index (χ0) is 26.8. The third kappa shape index (κ3) is 8.07. The molecule has 8 heteroatoms. The van der Waals surface area contributed by atoms with Gasteiger partial charge in [-0.15, -0.1) is 0 Å². The molecule has 2 aromatic rings. The fourth-order valence-corrected chi connectivity index (χ4v) is 4.46. The van der Waals surface area contributed by atoms with Crippen LogP contribution in [0.4, 0.5) is 5.82 Å². The summed E-state index contributed by atoms with van der Waals surface area (Å²) in [6, 6.07) is 12.5. The number of carbonyl (C=O) groups excluding carboxylic acids is 2. The van der Waals surface area contributed by atoms with Crippen LogP contribution in [0.25, 0.3) is 0 Å². The minimum absolute atomic E-state index is 0.178. The highest BCUT2D eigenvalue weighted by Gasteiger charge is 2.23. The van der Waals surface area contributed by atoms with Crippen molar-refractivity contribution >= 4 is 18.1 Å². The first-order valence-electron chi connectivity index (χ1n) is 12.9. The molecule has 0 radical (unpaired) electrons. The Hall–Kier alpha value is -3.86. The number of anilines is 1. The van der Waals surface area contributed by atoms with Crippen LogP contribution in [0.1, 0.15) is 57.2 Å². The molecule has 0 aliphatic heterocycles. The number of rotatable bonds is 11.